The Labute approximate surface area is 161 Å². The summed E-state index contributed by atoms with van der Waals surface area (Å²) < 4.78 is 19.5. The number of nitrogens with one attached hydrogen (secondary N) is 1. The fourth-order valence-corrected chi connectivity index (χ4v) is 3.17. The first-order valence-electron chi connectivity index (χ1n) is 8.81. The molecule has 1 aliphatic rings. The molecule has 8 heteroatoms. The zero-order chi connectivity index (χ0) is 19.5. The molecule has 1 aromatic heterocycles. The van der Waals surface area contributed by atoms with Crippen molar-refractivity contribution in [2.24, 2.45) is 5.10 Å². The number of nitrogens with zero attached hydrogens (tertiary/aromatic N) is 4. The highest BCUT2D eigenvalue weighted by atomic mass is 19.1. The van der Waals surface area contributed by atoms with Gasteiger partial charge in [-0.05, 0) is 23.8 Å². The lowest BCUT2D eigenvalue weighted by Gasteiger charge is -2.21. The largest absolute Gasteiger partial charge is 0.494 e. The maximum Gasteiger partial charge on any atom is 0.170 e. The Balaban J connectivity index is 1.52. The van der Waals surface area contributed by atoms with Crippen LogP contribution < -0.4 is 9.75 Å². The fourth-order valence-electron chi connectivity index (χ4n) is 3.17. The van der Waals surface area contributed by atoms with Crippen LogP contribution >= 0.6 is 0 Å². The van der Waals surface area contributed by atoms with Crippen LogP contribution in [0.1, 0.15) is 5.56 Å². The minimum Gasteiger partial charge on any atom is -0.494 e. The summed E-state index contributed by atoms with van der Waals surface area (Å²) in [5.41, 5.74) is 3.41. The van der Waals surface area contributed by atoms with Crippen molar-refractivity contribution in [3.8, 4) is 16.9 Å². The number of ether oxygens (including phenoxy) is 1. The summed E-state index contributed by atoms with van der Waals surface area (Å²) in [5.74, 6) is 0.289. The number of methoxy groups -OCH3 is 1. The van der Waals surface area contributed by atoms with Crippen LogP contribution in [0.4, 0.5) is 10.1 Å². The first kappa shape index (κ1) is 18.0. The second kappa shape index (κ2) is 7.69. The number of rotatable bonds is 6. The molecule has 1 aliphatic heterocycles. The lowest BCUT2D eigenvalue weighted by molar-refractivity contribution is 0.324. The summed E-state index contributed by atoms with van der Waals surface area (Å²) in [6, 6.07) is 12.9. The van der Waals surface area contributed by atoms with E-state index in [1.807, 2.05) is 35.4 Å². The molecule has 2 heterocycles. The summed E-state index contributed by atoms with van der Waals surface area (Å²) in [4.78, 5) is 1.84. The smallest absolute Gasteiger partial charge is 0.170 e. The highest BCUT2D eigenvalue weighted by molar-refractivity contribution is 5.86. The predicted molar refractivity (Wildman–Crippen MR) is 104 cm³/mol. The average molecular weight is 381 g/mol. The SMILES string of the molecule is COc1cccc(CN2CN(c3ccc(-c4cn[nH]c4)cc3)N=C2CO)c1F. The first-order valence-corrected chi connectivity index (χ1v) is 8.81. The van der Waals surface area contributed by atoms with Crippen LogP contribution in [-0.4, -0.2) is 46.4 Å². The van der Waals surface area contributed by atoms with Gasteiger partial charge >= 0.3 is 0 Å². The van der Waals surface area contributed by atoms with Crippen LogP contribution in [0.5, 0.6) is 5.75 Å². The number of aliphatic hydroxyl groups is 1. The Kier molecular flexibility index (Phi) is 4.94. The second-order valence-corrected chi connectivity index (χ2v) is 6.38. The van der Waals surface area contributed by atoms with Gasteiger partial charge in [-0.15, -0.1) is 0 Å². The number of aliphatic hydroxyl groups excluding tert-OH is 1. The molecule has 0 aliphatic carbocycles. The molecule has 2 aromatic carbocycles. The van der Waals surface area contributed by atoms with Crippen LogP contribution in [0.15, 0.2) is 60.0 Å². The molecule has 7 nitrogen and oxygen atoms in total. The van der Waals surface area contributed by atoms with Gasteiger partial charge in [0.1, 0.15) is 13.3 Å². The van der Waals surface area contributed by atoms with E-state index in [-0.39, 0.29) is 18.9 Å². The van der Waals surface area contributed by atoms with Gasteiger partial charge in [0.05, 0.1) is 19.0 Å². The van der Waals surface area contributed by atoms with Crippen molar-refractivity contribution in [2.45, 2.75) is 6.54 Å². The van der Waals surface area contributed by atoms with E-state index in [4.69, 9.17) is 4.74 Å². The first-order chi connectivity index (χ1) is 13.7. The quantitative estimate of drug-likeness (QED) is 0.687. The number of aromatic nitrogens is 2. The molecule has 144 valence electrons. The molecule has 0 radical (unpaired) electrons. The number of halogens is 1. The van der Waals surface area contributed by atoms with Gasteiger partial charge in [0.15, 0.2) is 17.4 Å². The van der Waals surface area contributed by atoms with Crippen molar-refractivity contribution in [2.75, 3.05) is 25.4 Å². The highest BCUT2D eigenvalue weighted by Gasteiger charge is 2.25. The molecule has 0 saturated heterocycles. The van der Waals surface area contributed by atoms with E-state index in [0.717, 1.165) is 16.8 Å². The van der Waals surface area contributed by atoms with Crippen molar-refractivity contribution in [3.05, 3.63) is 66.2 Å². The number of hydrogen-bond donors (Lipinski definition) is 2. The Bertz CT molecular complexity index is 973. The van der Waals surface area contributed by atoms with Crippen molar-refractivity contribution in [1.29, 1.82) is 0 Å². The van der Waals surface area contributed by atoms with Gasteiger partial charge < -0.3 is 14.7 Å². The molecule has 0 bridgehead atoms. The van der Waals surface area contributed by atoms with E-state index in [9.17, 15) is 9.50 Å². The fraction of sp³-hybridized carbons (Fsp3) is 0.200. The summed E-state index contributed by atoms with van der Waals surface area (Å²) in [7, 11) is 1.44. The number of H-pyrrole nitrogens is 1. The molecule has 0 atom stereocenters. The monoisotopic (exact) mass is 381 g/mol. The zero-order valence-corrected chi connectivity index (χ0v) is 15.3. The zero-order valence-electron chi connectivity index (χ0n) is 15.3. The minimum absolute atomic E-state index is 0.200. The Hall–Kier alpha value is -3.39. The van der Waals surface area contributed by atoms with E-state index in [0.29, 0.717) is 18.1 Å². The number of hydrogen-bond acceptors (Lipinski definition) is 6. The maximum absolute atomic E-state index is 14.5. The predicted octanol–water partition coefficient (Wildman–Crippen LogP) is 2.81. The molecule has 3 aromatic rings. The lowest BCUT2D eigenvalue weighted by atomic mass is 10.1. The normalized spacial score (nSPS) is 13.8. The molecular formula is C20H20FN5O2. The summed E-state index contributed by atoms with van der Waals surface area (Å²) in [5, 5.41) is 22.7. The molecule has 0 amide bonds. The number of hydrazone groups is 1. The van der Waals surface area contributed by atoms with Crippen LogP contribution in [-0.2, 0) is 6.54 Å². The summed E-state index contributed by atoms with van der Waals surface area (Å²) >= 11 is 0. The third-order valence-electron chi connectivity index (χ3n) is 4.67. The highest BCUT2D eigenvalue weighted by Crippen LogP contribution is 2.27. The molecule has 2 N–H and O–H groups in total. The Morgan fingerprint density at radius 2 is 2.00 bits per heavy atom. The standard InChI is InChI=1S/C20H20FN5O2/c1-28-18-4-2-3-15(20(18)21)11-25-13-26(24-19(25)12-27)17-7-5-14(6-8-17)16-9-22-23-10-16/h2-10,27H,11-13H2,1H3,(H,22,23). The van der Waals surface area contributed by atoms with Gasteiger partial charge in [-0.2, -0.15) is 10.2 Å². The Morgan fingerprint density at radius 3 is 2.68 bits per heavy atom. The van der Waals surface area contributed by atoms with Crippen molar-refractivity contribution >= 4 is 11.5 Å². The van der Waals surface area contributed by atoms with E-state index in [1.165, 1.54) is 7.11 Å². The molecule has 0 fully saturated rings. The van der Waals surface area contributed by atoms with Gasteiger partial charge in [-0.1, -0.05) is 24.3 Å². The molecule has 28 heavy (non-hydrogen) atoms. The molecule has 0 saturated carbocycles. The van der Waals surface area contributed by atoms with E-state index in [2.05, 4.69) is 15.3 Å². The number of benzene rings is 2. The molecule has 0 unspecified atom stereocenters. The Morgan fingerprint density at radius 1 is 1.18 bits per heavy atom. The number of anilines is 1. The van der Waals surface area contributed by atoms with Crippen LogP contribution in [0.2, 0.25) is 0 Å². The van der Waals surface area contributed by atoms with Crippen molar-refractivity contribution in [3.63, 3.8) is 0 Å². The molecule has 0 spiro atoms. The van der Waals surface area contributed by atoms with Crippen LogP contribution in [0.3, 0.4) is 0 Å². The van der Waals surface area contributed by atoms with Gasteiger partial charge in [0, 0.05) is 23.9 Å². The lowest BCUT2D eigenvalue weighted by Crippen LogP contribution is -2.32. The van der Waals surface area contributed by atoms with Gasteiger partial charge in [-0.25, -0.2) is 9.40 Å². The molecular weight excluding hydrogens is 361 g/mol. The third-order valence-corrected chi connectivity index (χ3v) is 4.67. The van der Waals surface area contributed by atoms with Gasteiger partial charge in [0.25, 0.3) is 0 Å². The minimum atomic E-state index is -0.398. The van der Waals surface area contributed by atoms with Gasteiger partial charge in [0.2, 0.25) is 0 Å². The van der Waals surface area contributed by atoms with E-state index >= 15 is 0 Å². The topological polar surface area (TPSA) is 77.0 Å². The van der Waals surface area contributed by atoms with E-state index < -0.39 is 5.82 Å². The van der Waals surface area contributed by atoms with Crippen molar-refractivity contribution in [1.82, 2.24) is 15.1 Å². The second-order valence-electron chi connectivity index (χ2n) is 6.38. The van der Waals surface area contributed by atoms with E-state index in [1.54, 1.807) is 29.4 Å². The molecule has 4 rings (SSSR count). The van der Waals surface area contributed by atoms with Crippen LogP contribution in [0.25, 0.3) is 11.1 Å². The average Bonchev–Trinajstić information content (AvgIpc) is 3.40. The number of amidine groups is 1. The maximum atomic E-state index is 14.5. The number of aromatic amines is 1. The third kappa shape index (κ3) is 3.41. The van der Waals surface area contributed by atoms with Crippen molar-refractivity contribution < 1.29 is 14.2 Å². The summed E-state index contributed by atoms with van der Waals surface area (Å²) in [6.45, 7) is 0.471. The van der Waals surface area contributed by atoms with Gasteiger partial charge in [-0.3, -0.25) is 5.10 Å². The summed E-state index contributed by atoms with van der Waals surface area (Å²) in [6.07, 6.45) is 3.59. The van der Waals surface area contributed by atoms with Crippen LogP contribution in [0, 0.1) is 5.82 Å².